The number of fused-ring (bicyclic) bond motifs is 1. The zero-order valence-corrected chi connectivity index (χ0v) is 17.1. The van der Waals surface area contributed by atoms with Crippen molar-refractivity contribution in [1.82, 2.24) is 0 Å². The minimum absolute atomic E-state index is 0.0481. The van der Waals surface area contributed by atoms with E-state index in [0.717, 1.165) is 30.8 Å². The monoisotopic (exact) mass is 394 g/mol. The molecule has 2 aromatic rings. The molecule has 4 heteroatoms. The van der Waals surface area contributed by atoms with Crippen LogP contribution in [-0.4, -0.2) is 31.0 Å². The Balaban J connectivity index is 1.43. The molecule has 1 aliphatic carbocycles. The Hall–Kier alpha value is -2.04. The predicted molar refractivity (Wildman–Crippen MR) is 112 cm³/mol. The second-order valence-electron chi connectivity index (χ2n) is 8.89. The third-order valence-electron chi connectivity index (χ3n) is 6.40. The van der Waals surface area contributed by atoms with E-state index in [2.05, 4.69) is 37.3 Å². The van der Waals surface area contributed by atoms with Crippen LogP contribution in [0, 0.1) is 5.92 Å². The smallest absolute Gasteiger partial charge is 0.161 e. The summed E-state index contributed by atoms with van der Waals surface area (Å²) >= 11 is 0. The molecule has 1 saturated heterocycles. The maximum atomic E-state index is 9.60. The van der Waals surface area contributed by atoms with E-state index in [1.165, 1.54) is 35.1 Å². The summed E-state index contributed by atoms with van der Waals surface area (Å²) in [6, 6.07) is 13.2. The number of aliphatic hydroxyl groups is 1. The lowest BCUT2D eigenvalue weighted by Crippen LogP contribution is -2.29. The molecule has 1 N–H and O–H groups in total. The van der Waals surface area contributed by atoms with E-state index in [-0.39, 0.29) is 18.8 Å². The van der Waals surface area contributed by atoms with E-state index in [0.29, 0.717) is 25.0 Å². The van der Waals surface area contributed by atoms with Crippen LogP contribution in [0.2, 0.25) is 0 Å². The van der Waals surface area contributed by atoms with Crippen LogP contribution in [0.5, 0.6) is 11.5 Å². The van der Waals surface area contributed by atoms with Crippen molar-refractivity contribution in [3.05, 3.63) is 58.7 Å². The van der Waals surface area contributed by atoms with Crippen LogP contribution in [-0.2, 0) is 11.2 Å². The number of benzene rings is 2. The SMILES string of the molecule is CC1CC(CO)OC(c2ccc(C3CC3)c(Cc3ccc4c(c3)OCCO4)c2)C1. The van der Waals surface area contributed by atoms with Crippen molar-refractivity contribution in [1.29, 1.82) is 0 Å². The van der Waals surface area contributed by atoms with Crippen molar-refractivity contribution < 1.29 is 19.3 Å². The van der Waals surface area contributed by atoms with Crippen LogP contribution in [0.1, 0.15) is 66.9 Å². The quantitative estimate of drug-likeness (QED) is 0.793. The van der Waals surface area contributed by atoms with E-state index in [9.17, 15) is 5.11 Å². The molecule has 0 radical (unpaired) electrons. The maximum Gasteiger partial charge on any atom is 0.161 e. The van der Waals surface area contributed by atoms with Gasteiger partial charge in [-0.15, -0.1) is 0 Å². The molecule has 1 saturated carbocycles. The lowest BCUT2D eigenvalue weighted by Gasteiger charge is -2.33. The van der Waals surface area contributed by atoms with E-state index in [1.54, 1.807) is 0 Å². The molecule has 4 nitrogen and oxygen atoms in total. The second kappa shape index (κ2) is 8.00. The van der Waals surface area contributed by atoms with Crippen molar-refractivity contribution in [3.63, 3.8) is 0 Å². The standard InChI is InChI=1S/C25H30O4/c1-16-10-21(15-26)29-24(11-16)19-5-6-22(18-3-4-18)20(14-19)12-17-2-7-23-25(13-17)28-9-8-27-23/h2,5-7,13-14,16,18,21,24,26H,3-4,8-12,15H2,1H3. The first-order valence-corrected chi connectivity index (χ1v) is 11.0. The Labute approximate surface area is 172 Å². The molecule has 2 aromatic carbocycles. The molecule has 29 heavy (non-hydrogen) atoms. The zero-order chi connectivity index (χ0) is 19.8. The summed E-state index contributed by atoms with van der Waals surface area (Å²) in [5.74, 6) is 2.96. The molecule has 0 amide bonds. The van der Waals surface area contributed by atoms with Gasteiger partial charge in [0, 0.05) is 0 Å². The summed E-state index contributed by atoms with van der Waals surface area (Å²) in [5, 5.41) is 9.60. The summed E-state index contributed by atoms with van der Waals surface area (Å²) < 4.78 is 17.6. The zero-order valence-electron chi connectivity index (χ0n) is 17.1. The lowest BCUT2D eigenvalue weighted by molar-refractivity contribution is -0.0900. The average molecular weight is 395 g/mol. The molecule has 2 fully saturated rings. The second-order valence-corrected chi connectivity index (χ2v) is 8.89. The van der Waals surface area contributed by atoms with Gasteiger partial charge < -0.3 is 19.3 Å². The normalized spacial score (nSPS) is 26.3. The summed E-state index contributed by atoms with van der Waals surface area (Å²) in [6.07, 6.45) is 5.45. The lowest BCUT2D eigenvalue weighted by atomic mass is 9.87. The largest absolute Gasteiger partial charge is 0.486 e. The Bertz CT molecular complexity index is 873. The van der Waals surface area contributed by atoms with Crippen molar-refractivity contribution >= 4 is 0 Å². The van der Waals surface area contributed by atoms with Crippen LogP contribution in [0.3, 0.4) is 0 Å². The number of aliphatic hydroxyl groups excluding tert-OH is 1. The van der Waals surface area contributed by atoms with Crippen LogP contribution >= 0.6 is 0 Å². The van der Waals surface area contributed by atoms with Gasteiger partial charge in [-0.1, -0.05) is 31.2 Å². The molecular weight excluding hydrogens is 364 g/mol. The summed E-state index contributed by atoms with van der Waals surface area (Å²) in [7, 11) is 0. The topological polar surface area (TPSA) is 47.9 Å². The third kappa shape index (κ3) is 4.15. The molecule has 3 aliphatic rings. The van der Waals surface area contributed by atoms with Gasteiger partial charge in [0.2, 0.25) is 0 Å². The van der Waals surface area contributed by atoms with Gasteiger partial charge in [-0.2, -0.15) is 0 Å². The van der Waals surface area contributed by atoms with Crippen molar-refractivity contribution in [2.75, 3.05) is 19.8 Å². The predicted octanol–water partition coefficient (Wildman–Crippen LogP) is 4.77. The van der Waals surface area contributed by atoms with Gasteiger partial charge >= 0.3 is 0 Å². The fourth-order valence-corrected chi connectivity index (χ4v) is 4.78. The minimum Gasteiger partial charge on any atom is -0.486 e. The van der Waals surface area contributed by atoms with E-state index >= 15 is 0 Å². The first kappa shape index (κ1) is 19.0. The van der Waals surface area contributed by atoms with Gasteiger partial charge in [0.1, 0.15) is 13.2 Å². The minimum atomic E-state index is -0.0481. The molecule has 0 spiro atoms. The Morgan fingerprint density at radius 2 is 1.79 bits per heavy atom. The fourth-order valence-electron chi connectivity index (χ4n) is 4.78. The molecular formula is C25H30O4. The van der Waals surface area contributed by atoms with E-state index in [4.69, 9.17) is 14.2 Å². The van der Waals surface area contributed by atoms with Gasteiger partial charge in [0.05, 0.1) is 18.8 Å². The Morgan fingerprint density at radius 1 is 0.966 bits per heavy atom. The van der Waals surface area contributed by atoms with Crippen molar-refractivity contribution in [2.24, 2.45) is 5.92 Å². The number of hydrogen-bond acceptors (Lipinski definition) is 4. The molecule has 3 unspecified atom stereocenters. The number of hydrogen-bond donors (Lipinski definition) is 1. The molecule has 5 rings (SSSR count). The first-order chi connectivity index (χ1) is 14.2. The van der Waals surface area contributed by atoms with Gasteiger partial charge in [0.15, 0.2) is 11.5 Å². The molecule has 0 bridgehead atoms. The van der Waals surface area contributed by atoms with Crippen molar-refractivity contribution in [2.45, 2.75) is 57.2 Å². The Morgan fingerprint density at radius 3 is 2.59 bits per heavy atom. The third-order valence-corrected chi connectivity index (χ3v) is 6.40. The average Bonchev–Trinajstić information content (AvgIpc) is 3.58. The van der Waals surface area contributed by atoms with Gasteiger partial charge in [-0.05, 0) is 78.3 Å². The fraction of sp³-hybridized carbons (Fsp3) is 0.520. The molecule has 2 aliphatic heterocycles. The summed E-state index contributed by atoms with van der Waals surface area (Å²) in [5.41, 5.74) is 5.36. The molecule has 0 aromatic heterocycles. The first-order valence-electron chi connectivity index (χ1n) is 11.0. The Kier molecular flexibility index (Phi) is 5.23. The van der Waals surface area contributed by atoms with E-state index in [1.807, 2.05) is 6.07 Å². The molecule has 2 heterocycles. The molecule has 3 atom stereocenters. The number of rotatable bonds is 5. The molecule has 154 valence electrons. The van der Waals surface area contributed by atoms with Crippen LogP contribution in [0.4, 0.5) is 0 Å². The van der Waals surface area contributed by atoms with Crippen LogP contribution < -0.4 is 9.47 Å². The van der Waals surface area contributed by atoms with Crippen LogP contribution in [0.25, 0.3) is 0 Å². The maximum absolute atomic E-state index is 9.60. The van der Waals surface area contributed by atoms with Gasteiger partial charge in [-0.25, -0.2) is 0 Å². The van der Waals surface area contributed by atoms with Gasteiger partial charge in [0.25, 0.3) is 0 Å². The highest BCUT2D eigenvalue weighted by atomic mass is 16.6. The van der Waals surface area contributed by atoms with E-state index < -0.39 is 0 Å². The summed E-state index contributed by atoms with van der Waals surface area (Å²) in [6.45, 7) is 3.59. The summed E-state index contributed by atoms with van der Waals surface area (Å²) in [4.78, 5) is 0. The highest BCUT2D eigenvalue weighted by Crippen LogP contribution is 2.44. The van der Waals surface area contributed by atoms with Crippen molar-refractivity contribution in [3.8, 4) is 11.5 Å². The van der Waals surface area contributed by atoms with Gasteiger partial charge in [-0.3, -0.25) is 0 Å². The van der Waals surface area contributed by atoms with Crippen LogP contribution in [0.15, 0.2) is 36.4 Å². The highest BCUT2D eigenvalue weighted by Gasteiger charge is 2.30. The highest BCUT2D eigenvalue weighted by molar-refractivity contribution is 5.47. The number of ether oxygens (including phenoxy) is 3.